The van der Waals surface area contributed by atoms with E-state index in [0.717, 1.165) is 12.1 Å². The van der Waals surface area contributed by atoms with Crippen molar-refractivity contribution >= 4 is 23.2 Å². The monoisotopic (exact) mass is 226 g/mol. The van der Waals surface area contributed by atoms with Crippen LogP contribution in [0.15, 0.2) is 12.1 Å². The van der Waals surface area contributed by atoms with E-state index < -0.39 is 23.3 Å². The van der Waals surface area contributed by atoms with Gasteiger partial charge in [0, 0.05) is 0 Å². The van der Waals surface area contributed by atoms with Crippen molar-refractivity contribution in [3.05, 3.63) is 34.4 Å². The fourth-order valence-corrected chi connectivity index (χ4v) is 1.24. The maximum Gasteiger partial charge on any atom is 0.150 e. The summed E-state index contributed by atoms with van der Waals surface area (Å²) >= 11 is 10.6. The summed E-state index contributed by atoms with van der Waals surface area (Å²) in [6.07, 6.45) is -1.37. The fraction of sp³-hybridized carbons (Fsp3) is 0.250. The summed E-state index contributed by atoms with van der Waals surface area (Å²) in [5.41, 5.74) is -0.484. The average molecular weight is 227 g/mol. The molecule has 0 aromatic heterocycles. The van der Waals surface area contributed by atoms with Gasteiger partial charge in [0.05, 0.1) is 22.6 Å². The second-order valence-electron chi connectivity index (χ2n) is 2.43. The van der Waals surface area contributed by atoms with Gasteiger partial charge in [-0.05, 0) is 12.1 Å². The second kappa shape index (κ2) is 4.22. The highest BCUT2D eigenvalue weighted by Crippen LogP contribution is 2.26. The highest BCUT2D eigenvalue weighted by Gasteiger charge is 2.19. The first-order chi connectivity index (χ1) is 6.07. The molecule has 0 aliphatic rings. The molecule has 1 N–H and O–H groups in total. The lowest BCUT2D eigenvalue weighted by Crippen LogP contribution is -2.05. The normalized spacial score (nSPS) is 13.0. The Balaban J connectivity index is 3.25. The first kappa shape index (κ1) is 10.7. The summed E-state index contributed by atoms with van der Waals surface area (Å²) in [5, 5.41) is 8.91. The van der Waals surface area contributed by atoms with Gasteiger partial charge in [-0.25, -0.2) is 8.78 Å². The van der Waals surface area contributed by atoms with Crippen LogP contribution in [0.2, 0.25) is 5.02 Å². The molecule has 0 spiro atoms. The van der Waals surface area contributed by atoms with Crippen LogP contribution in [-0.2, 0) is 0 Å². The molecule has 1 atom stereocenters. The van der Waals surface area contributed by atoms with Crippen LogP contribution in [0.5, 0.6) is 0 Å². The van der Waals surface area contributed by atoms with Crippen LogP contribution in [0.1, 0.15) is 11.7 Å². The Bertz CT molecular complexity index is 317. The van der Waals surface area contributed by atoms with Crippen molar-refractivity contribution in [1.29, 1.82) is 0 Å². The molecule has 1 rings (SSSR count). The molecule has 1 unspecified atom stereocenters. The van der Waals surface area contributed by atoms with Gasteiger partial charge in [-0.15, -0.1) is 11.6 Å². The predicted octanol–water partition coefficient (Wildman–Crippen LogP) is 2.89. The molecule has 1 nitrogen and oxygen atoms in total. The molecule has 0 fully saturated rings. The number of aliphatic hydroxyl groups is 1. The maximum absolute atomic E-state index is 13.1. The Kier molecular flexibility index (Phi) is 3.47. The Labute approximate surface area is 83.9 Å². The number of benzene rings is 1. The molecule has 0 heterocycles. The topological polar surface area (TPSA) is 20.2 Å². The first-order valence-electron chi connectivity index (χ1n) is 3.45. The number of hydrogen-bond acceptors (Lipinski definition) is 1. The smallest absolute Gasteiger partial charge is 0.150 e. The van der Waals surface area contributed by atoms with Gasteiger partial charge in [0.15, 0.2) is 5.82 Å². The molecule has 5 heteroatoms. The van der Waals surface area contributed by atoms with Crippen molar-refractivity contribution in [2.75, 3.05) is 5.88 Å². The third kappa shape index (κ3) is 2.10. The lowest BCUT2D eigenvalue weighted by molar-refractivity contribution is 0.192. The average Bonchev–Trinajstić information content (AvgIpc) is 2.12. The van der Waals surface area contributed by atoms with E-state index in [2.05, 4.69) is 0 Å². The molecule has 0 amide bonds. The highest BCUT2D eigenvalue weighted by atomic mass is 35.5. The molecule has 0 bridgehead atoms. The standard InChI is InChI=1S/C8H6Cl2F2O/c9-3-6(13)7-5(11)2-1-4(10)8(7)12/h1-2,6,13H,3H2. The van der Waals surface area contributed by atoms with E-state index in [4.69, 9.17) is 28.3 Å². The van der Waals surface area contributed by atoms with Crippen LogP contribution >= 0.6 is 23.2 Å². The Hall–Kier alpha value is -0.380. The number of alkyl halides is 1. The van der Waals surface area contributed by atoms with Crippen molar-refractivity contribution in [2.45, 2.75) is 6.10 Å². The van der Waals surface area contributed by atoms with Crippen LogP contribution in [0, 0.1) is 11.6 Å². The first-order valence-corrected chi connectivity index (χ1v) is 4.36. The maximum atomic E-state index is 13.1. The van der Waals surface area contributed by atoms with Gasteiger partial charge in [-0.3, -0.25) is 0 Å². The highest BCUT2D eigenvalue weighted by molar-refractivity contribution is 6.30. The van der Waals surface area contributed by atoms with E-state index in [1.165, 1.54) is 0 Å². The van der Waals surface area contributed by atoms with E-state index in [9.17, 15) is 8.78 Å². The molecular formula is C8H6Cl2F2O. The summed E-state index contributed by atoms with van der Waals surface area (Å²) in [6.45, 7) is 0. The van der Waals surface area contributed by atoms with Crippen LogP contribution in [0.4, 0.5) is 8.78 Å². The zero-order valence-electron chi connectivity index (χ0n) is 6.40. The van der Waals surface area contributed by atoms with Gasteiger partial charge < -0.3 is 5.11 Å². The van der Waals surface area contributed by atoms with Crippen LogP contribution in [-0.4, -0.2) is 11.0 Å². The third-order valence-corrected chi connectivity index (χ3v) is 2.14. The number of rotatable bonds is 2. The van der Waals surface area contributed by atoms with Gasteiger partial charge in [0.2, 0.25) is 0 Å². The summed E-state index contributed by atoms with van der Waals surface area (Å²) < 4.78 is 26.1. The minimum absolute atomic E-state index is 0.236. The largest absolute Gasteiger partial charge is 0.387 e. The lowest BCUT2D eigenvalue weighted by atomic mass is 10.1. The Morgan fingerprint density at radius 2 is 2.00 bits per heavy atom. The number of hydrogen-bond donors (Lipinski definition) is 1. The molecule has 0 saturated carbocycles. The van der Waals surface area contributed by atoms with E-state index in [0.29, 0.717) is 0 Å². The van der Waals surface area contributed by atoms with E-state index in [-0.39, 0.29) is 10.9 Å². The molecule has 0 radical (unpaired) electrons. The molecule has 1 aromatic carbocycles. The van der Waals surface area contributed by atoms with Gasteiger partial charge in [-0.2, -0.15) is 0 Å². The zero-order valence-corrected chi connectivity index (χ0v) is 7.91. The van der Waals surface area contributed by atoms with Crippen LogP contribution in [0.3, 0.4) is 0 Å². The SMILES string of the molecule is OC(CCl)c1c(F)ccc(Cl)c1F. The fourth-order valence-electron chi connectivity index (χ4n) is 0.925. The minimum atomic E-state index is -1.37. The summed E-state index contributed by atoms with van der Waals surface area (Å²) in [5.74, 6) is -2.10. The van der Waals surface area contributed by atoms with Crippen LogP contribution in [0.25, 0.3) is 0 Å². The van der Waals surface area contributed by atoms with Gasteiger partial charge in [0.25, 0.3) is 0 Å². The second-order valence-corrected chi connectivity index (χ2v) is 3.14. The lowest BCUT2D eigenvalue weighted by Gasteiger charge is -2.10. The zero-order chi connectivity index (χ0) is 10.0. The van der Waals surface area contributed by atoms with Gasteiger partial charge in [-0.1, -0.05) is 11.6 Å². The Morgan fingerprint density at radius 3 is 2.54 bits per heavy atom. The molecule has 72 valence electrons. The molecule has 0 saturated heterocycles. The van der Waals surface area contributed by atoms with Crippen LogP contribution < -0.4 is 0 Å². The number of aliphatic hydroxyl groups excluding tert-OH is 1. The van der Waals surface area contributed by atoms with Crippen molar-refractivity contribution in [2.24, 2.45) is 0 Å². The quantitative estimate of drug-likeness (QED) is 0.608. The third-order valence-electron chi connectivity index (χ3n) is 1.56. The summed E-state index contributed by atoms with van der Waals surface area (Å²) in [4.78, 5) is 0. The molecule has 0 aliphatic carbocycles. The minimum Gasteiger partial charge on any atom is -0.387 e. The predicted molar refractivity (Wildman–Crippen MR) is 47.0 cm³/mol. The molecular weight excluding hydrogens is 221 g/mol. The number of halogens is 4. The van der Waals surface area contributed by atoms with Gasteiger partial charge in [0.1, 0.15) is 5.82 Å². The van der Waals surface area contributed by atoms with E-state index in [1.807, 2.05) is 0 Å². The molecule has 0 aliphatic heterocycles. The Morgan fingerprint density at radius 1 is 1.38 bits per heavy atom. The van der Waals surface area contributed by atoms with E-state index in [1.54, 1.807) is 0 Å². The van der Waals surface area contributed by atoms with Crippen molar-refractivity contribution in [3.63, 3.8) is 0 Å². The van der Waals surface area contributed by atoms with Gasteiger partial charge >= 0.3 is 0 Å². The molecule has 13 heavy (non-hydrogen) atoms. The van der Waals surface area contributed by atoms with Crippen molar-refractivity contribution in [3.8, 4) is 0 Å². The summed E-state index contributed by atoms with van der Waals surface area (Å²) in [6, 6.07) is 2.06. The van der Waals surface area contributed by atoms with Crippen molar-refractivity contribution in [1.82, 2.24) is 0 Å². The molecule has 1 aromatic rings. The van der Waals surface area contributed by atoms with E-state index >= 15 is 0 Å². The van der Waals surface area contributed by atoms with Crippen molar-refractivity contribution < 1.29 is 13.9 Å². The summed E-state index contributed by atoms with van der Waals surface area (Å²) in [7, 11) is 0.